The second-order valence-electron chi connectivity index (χ2n) is 4.65. The van der Waals surface area contributed by atoms with E-state index in [0.717, 1.165) is 11.3 Å². The lowest BCUT2D eigenvalue weighted by molar-refractivity contribution is 0.441. The van der Waals surface area contributed by atoms with E-state index in [-0.39, 0.29) is 23.6 Å². The molecule has 1 aromatic heterocycles. The monoisotopic (exact) mass is 258 g/mol. The van der Waals surface area contributed by atoms with Crippen LogP contribution >= 0.6 is 0 Å². The molecule has 1 heterocycles. The van der Waals surface area contributed by atoms with E-state index in [1.165, 1.54) is 6.07 Å². The molecule has 1 unspecified atom stereocenters. The van der Waals surface area contributed by atoms with Crippen LogP contribution in [0.3, 0.4) is 0 Å². The quantitative estimate of drug-likeness (QED) is 0.789. The van der Waals surface area contributed by atoms with Gasteiger partial charge in [0.15, 0.2) is 0 Å². The zero-order chi connectivity index (χ0) is 13.8. The first-order valence-electron chi connectivity index (χ1n) is 6.26. The SMILES string of the molecule is CC(N[C@@H](C)c1ccccn1)c1cc(O)cc(O)c1. The van der Waals surface area contributed by atoms with E-state index < -0.39 is 0 Å². The Hall–Kier alpha value is -2.07. The van der Waals surface area contributed by atoms with Crippen molar-refractivity contribution >= 4 is 0 Å². The van der Waals surface area contributed by atoms with Gasteiger partial charge in [-0.1, -0.05) is 6.07 Å². The van der Waals surface area contributed by atoms with Crippen molar-refractivity contribution in [1.82, 2.24) is 10.3 Å². The number of phenols is 2. The van der Waals surface area contributed by atoms with Crippen LogP contribution in [0.2, 0.25) is 0 Å². The highest BCUT2D eigenvalue weighted by atomic mass is 16.3. The fraction of sp³-hybridized carbons (Fsp3) is 0.267. The molecule has 0 fully saturated rings. The van der Waals surface area contributed by atoms with E-state index in [9.17, 15) is 10.2 Å². The van der Waals surface area contributed by atoms with E-state index in [1.54, 1.807) is 18.3 Å². The van der Waals surface area contributed by atoms with Gasteiger partial charge in [-0.25, -0.2) is 0 Å². The van der Waals surface area contributed by atoms with E-state index >= 15 is 0 Å². The van der Waals surface area contributed by atoms with Gasteiger partial charge in [-0.15, -0.1) is 0 Å². The standard InChI is InChI=1S/C15H18N2O2/c1-10(12-7-13(18)9-14(19)8-12)17-11(2)15-5-3-4-6-16-15/h3-11,17-19H,1-2H3/t10?,11-/m0/s1. The van der Waals surface area contributed by atoms with Crippen LogP contribution in [0.4, 0.5) is 0 Å². The van der Waals surface area contributed by atoms with Crippen LogP contribution in [0, 0.1) is 0 Å². The van der Waals surface area contributed by atoms with Crippen LogP contribution in [0.15, 0.2) is 42.6 Å². The zero-order valence-electron chi connectivity index (χ0n) is 11.0. The smallest absolute Gasteiger partial charge is 0.119 e. The molecule has 0 aliphatic heterocycles. The van der Waals surface area contributed by atoms with Crippen LogP contribution in [-0.4, -0.2) is 15.2 Å². The lowest BCUT2D eigenvalue weighted by atomic mass is 10.1. The number of nitrogens with zero attached hydrogens (tertiary/aromatic N) is 1. The zero-order valence-corrected chi connectivity index (χ0v) is 11.0. The highest BCUT2D eigenvalue weighted by molar-refractivity contribution is 5.38. The summed E-state index contributed by atoms with van der Waals surface area (Å²) in [5.74, 6) is 0.128. The molecule has 3 N–H and O–H groups in total. The van der Waals surface area contributed by atoms with Gasteiger partial charge in [0, 0.05) is 24.3 Å². The van der Waals surface area contributed by atoms with Gasteiger partial charge in [0.1, 0.15) is 11.5 Å². The summed E-state index contributed by atoms with van der Waals surface area (Å²) in [6, 6.07) is 10.5. The number of phenolic OH excluding ortho intramolecular Hbond substituents is 2. The predicted molar refractivity (Wildman–Crippen MR) is 74.0 cm³/mol. The molecule has 0 spiro atoms. The Morgan fingerprint density at radius 2 is 1.68 bits per heavy atom. The minimum atomic E-state index is -0.00462. The van der Waals surface area contributed by atoms with Crippen molar-refractivity contribution in [3.8, 4) is 11.5 Å². The first-order chi connectivity index (χ1) is 9.06. The van der Waals surface area contributed by atoms with Gasteiger partial charge in [-0.2, -0.15) is 0 Å². The van der Waals surface area contributed by atoms with Gasteiger partial charge in [0.05, 0.1) is 5.69 Å². The molecule has 100 valence electrons. The molecule has 0 saturated carbocycles. The average molecular weight is 258 g/mol. The largest absolute Gasteiger partial charge is 0.508 e. The Morgan fingerprint density at radius 3 is 2.26 bits per heavy atom. The van der Waals surface area contributed by atoms with Crippen molar-refractivity contribution in [3.63, 3.8) is 0 Å². The first kappa shape index (κ1) is 13.4. The van der Waals surface area contributed by atoms with Crippen molar-refractivity contribution in [3.05, 3.63) is 53.9 Å². The molecule has 4 heteroatoms. The van der Waals surface area contributed by atoms with Gasteiger partial charge in [0.25, 0.3) is 0 Å². The first-order valence-corrected chi connectivity index (χ1v) is 6.26. The molecule has 2 aromatic rings. The molecule has 0 radical (unpaired) electrons. The predicted octanol–water partition coefficient (Wildman–Crippen LogP) is 2.90. The van der Waals surface area contributed by atoms with Gasteiger partial charge >= 0.3 is 0 Å². The summed E-state index contributed by atoms with van der Waals surface area (Å²) in [7, 11) is 0. The summed E-state index contributed by atoms with van der Waals surface area (Å²) in [6.45, 7) is 4.01. The van der Waals surface area contributed by atoms with Gasteiger partial charge in [0.2, 0.25) is 0 Å². The van der Waals surface area contributed by atoms with Crippen molar-refractivity contribution in [2.24, 2.45) is 0 Å². The number of nitrogens with one attached hydrogen (secondary N) is 1. The second kappa shape index (κ2) is 5.71. The van der Waals surface area contributed by atoms with Crippen LogP contribution in [0.25, 0.3) is 0 Å². The van der Waals surface area contributed by atoms with Crippen LogP contribution in [0.5, 0.6) is 11.5 Å². The summed E-state index contributed by atoms with van der Waals surface area (Å²) in [6.07, 6.45) is 1.76. The number of hydrogen-bond donors (Lipinski definition) is 3. The van der Waals surface area contributed by atoms with E-state index in [1.807, 2.05) is 32.0 Å². The molecule has 0 aliphatic carbocycles. The fourth-order valence-corrected chi connectivity index (χ4v) is 2.06. The minimum absolute atomic E-state index is 0.00462. The summed E-state index contributed by atoms with van der Waals surface area (Å²) < 4.78 is 0. The molecular formula is C15H18N2O2. The third-order valence-electron chi connectivity index (χ3n) is 3.06. The average Bonchev–Trinajstić information content (AvgIpc) is 2.38. The number of aromatic hydroxyl groups is 2. The van der Waals surface area contributed by atoms with Gasteiger partial charge in [-0.3, -0.25) is 4.98 Å². The molecule has 2 atom stereocenters. The van der Waals surface area contributed by atoms with E-state index in [4.69, 9.17) is 0 Å². The Labute approximate surface area is 112 Å². The van der Waals surface area contributed by atoms with Crippen LogP contribution in [-0.2, 0) is 0 Å². The maximum absolute atomic E-state index is 9.49. The van der Waals surface area contributed by atoms with Crippen LogP contribution < -0.4 is 5.32 Å². The Morgan fingerprint density at radius 1 is 1.00 bits per heavy atom. The van der Waals surface area contributed by atoms with Crippen molar-refractivity contribution in [2.45, 2.75) is 25.9 Å². The maximum Gasteiger partial charge on any atom is 0.119 e. The Balaban J connectivity index is 2.10. The van der Waals surface area contributed by atoms with E-state index in [0.29, 0.717) is 0 Å². The third kappa shape index (κ3) is 3.45. The molecule has 1 aromatic carbocycles. The fourth-order valence-electron chi connectivity index (χ4n) is 2.06. The summed E-state index contributed by atoms with van der Waals surface area (Å²) in [5, 5.41) is 22.4. The number of pyridine rings is 1. The normalized spacial score (nSPS) is 14.0. The number of benzene rings is 1. The van der Waals surface area contributed by atoms with Gasteiger partial charge < -0.3 is 15.5 Å². The van der Waals surface area contributed by atoms with Crippen molar-refractivity contribution in [2.75, 3.05) is 0 Å². The van der Waals surface area contributed by atoms with Crippen LogP contribution in [0.1, 0.15) is 37.2 Å². The molecule has 19 heavy (non-hydrogen) atoms. The maximum atomic E-state index is 9.49. The summed E-state index contributed by atoms with van der Waals surface area (Å²) in [5.41, 5.74) is 1.79. The number of rotatable bonds is 4. The third-order valence-corrected chi connectivity index (χ3v) is 3.06. The highest BCUT2D eigenvalue weighted by Gasteiger charge is 2.13. The number of aromatic nitrogens is 1. The molecule has 4 nitrogen and oxygen atoms in total. The Kier molecular flexibility index (Phi) is 4.02. The molecule has 0 aliphatic rings. The number of hydrogen-bond acceptors (Lipinski definition) is 4. The molecule has 0 bridgehead atoms. The second-order valence-corrected chi connectivity index (χ2v) is 4.65. The molecule has 2 rings (SSSR count). The molecule has 0 amide bonds. The lowest BCUT2D eigenvalue weighted by Crippen LogP contribution is -2.23. The lowest BCUT2D eigenvalue weighted by Gasteiger charge is -2.20. The summed E-state index contributed by atoms with van der Waals surface area (Å²) >= 11 is 0. The minimum Gasteiger partial charge on any atom is -0.508 e. The highest BCUT2D eigenvalue weighted by Crippen LogP contribution is 2.26. The topological polar surface area (TPSA) is 65.4 Å². The Bertz CT molecular complexity index is 523. The van der Waals surface area contributed by atoms with Crippen molar-refractivity contribution in [1.29, 1.82) is 0 Å². The van der Waals surface area contributed by atoms with E-state index in [2.05, 4.69) is 10.3 Å². The molecular weight excluding hydrogens is 240 g/mol. The van der Waals surface area contributed by atoms with Crippen molar-refractivity contribution < 1.29 is 10.2 Å². The van der Waals surface area contributed by atoms with Gasteiger partial charge in [-0.05, 0) is 43.7 Å². The summed E-state index contributed by atoms with van der Waals surface area (Å²) in [4.78, 5) is 4.30. The molecule has 0 saturated heterocycles.